The number of rotatable bonds is 4. The summed E-state index contributed by atoms with van der Waals surface area (Å²) in [5.74, 6) is 1.59. The van der Waals surface area contributed by atoms with Gasteiger partial charge in [-0.1, -0.05) is 6.07 Å². The van der Waals surface area contributed by atoms with E-state index in [0.717, 1.165) is 19.6 Å². The monoisotopic (exact) mass is 290 g/mol. The summed E-state index contributed by atoms with van der Waals surface area (Å²) in [6.45, 7) is 3.28. The molecular formula is C16H22N2O3. The summed E-state index contributed by atoms with van der Waals surface area (Å²) in [5, 5.41) is 3.18. The predicted octanol–water partition coefficient (Wildman–Crippen LogP) is 1.53. The van der Waals surface area contributed by atoms with E-state index >= 15 is 0 Å². The number of carbonyl (C=O) groups excluding carboxylic acids is 1. The molecule has 1 aromatic rings. The molecule has 1 N–H and O–H groups in total. The second-order valence-corrected chi connectivity index (χ2v) is 5.76. The Balaban J connectivity index is 1.79. The van der Waals surface area contributed by atoms with Gasteiger partial charge in [-0.2, -0.15) is 0 Å². The average molecular weight is 290 g/mol. The summed E-state index contributed by atoms with van der Waals surface area (Å²) >= 11 is 0. The van der Waals surface area contributed by atoms with E-state index in [9.17, 15) is 4.79 Å². The SMILES string of the molecule is COc1cccc(OC)c1C(=O)NC1CN2CCC1CC2. The van der Waals surface area contributed by atoms with Gasteiger partial charge in [0.15, 0.2) is 0 Å². The molecule has 1 unspecified atom stereocenters. The zero-order valence-corrected chi connectivity index (χ0v) is 12.6. The van der Waals surface area contributed by atoms with Gasteiger partial charge in [0.2, 0.25) is 0 Å². The normalized spacial score (nSPS) is 27.2. The first-order valence-corrected chi connectivity index (χ1v) is 7.47. The largest absolute Gasteiger partial charge is 0.496 e. The number of nitrogens with zero attached hydrogens (tertiary/aromatic N) is 1. The molecule has 3 heterocycles. The summed E-state index contributed by atoms with van der Waals surface area (Å²) < 4.78 is 10.6. The molecule has 114 valence electrons. The Morgan fingerprint density at radius 2 is 1.81 bits per heavy atom. The van der Waals surface area contributed by atoms with Crippen molar-refractivity contribution in [2.24, 2.45) is 5.92 Å². The second kappa shape index (κ2) is 5.93. The highest BCUT2D eigenvalue weighted by Gasteiger charge is 2.35. The molecule has 2 bridgehead atoms. The lowest BCUT2D eigenvalue weighted by molar-refractivity contribution is 0.0617. The Morgan fingerprint density at radius 1 is 1.19 bits per heavy atom. The standard InChI is InChI=1S/C16H22N2O3/c1-20-13-4-3-5-14(21-2)15(13)16(19)17-12-10-18-8-6-11(12)7-9-18/h3-5,11-12H,6-10H2,1-2H3,(H,17,19). The number of ether oxygens (including phenoxy) is 2. The van der Waals surface area contributed by atoms with Crippen LogP contribution in [0.1, 0.15) is 23.2 Å². The van der Waals surface area contributed by atoms with Crippen LogP contribution in [0.25, 0.3) is 0 Å². The number of methoxy groups -OCH3 is 2. The van der Waals surface area contributed by atoms with Crippen LogP contribution in [0, 0.1) is 5.92 Å². The minimum absolute atomic E-state index is 0.108. The van der Waals surface area contributed by atoms with Crippen LogP contribution < -0.4 is 14.8 Å². The highest BCUT2D eigenvalue weighted by Crippen LogP contribution is 2.31. The molecule has 4 rings (SSSR count). The van der Waals surface area contributed by atoms with Crippen molar-refractivity contribution >= 4 is 5.91 Å². The first kappa shape index (κ1) is 14.2. The molecule has 5 heteroatoms. The number of nitrogens with one attached hydrogen (secondary N) is 1. The van der Waals surface area contributed by atoms with Gasteiger partial charge in [0.1, 0.15) is 17.1 Å². The molecule has 0 aliphatic carbocycles. The van der Waals surface area contributed by atoms with Crippen molar-refractivity contribution in [1.29, 1.82) is 0 Å². The fourth-order valence-electron chi connectivity index (χ4n) is 3.44. The minimum Gasteiger partial charge on any atom is -0.496 e. The molecule has 0 spiro atoms. The van der Waals surface area contributed by atoms with Gasteiger partial charge < -0.3 is 19.7 Å². The Labute approximate surface area is 125 Å². The number of fused-ring (bicyclic) bond motifs is 3. The maximum Gasteiger partial charge on any atom is 0.259 e. The van der Waals surface area contributed by atoms with Crippen LogP contribution >= 0.6 is 0 Å². The predicted molar refractivity (Wildman–Crippen MR) is 80.0 cm³/mol. The van der Waals surface area contributed by atoms with E-state index in [1.807, 2.05) is 6.07 Å². The van der Waals surface area contributed by atoms with Gasteiger partial charge in [-0.3, -0.25) is 4.79 Å². The second-order valence-electron chi connectivity index (χ2n) is 5.76. The van der Waals surface area contributed by atoms with Crippen molar-refractivity contribution in [1.82, 2.24) is 10.2 Å². The molecule has 21 heavy (non-hydrogen) atoms. The van der Waals surface area contributed by atoms with Crippen LogP contribution in [-0.4, -0.2) is 50.7 Å². The molecule has 3 fully saturated rings. The molecule has 3 aliphatic heterocycles. The zero-order chi connectivity index (χ0) is 14.8. The van der Waals surface area contributed by atoms with Crippen molar-refractivity contribution in [2.75, 3.05) is 33.9 Å². The maximum atomic E-state index is 12.7. The quantitative estimate of drug-likeness (QED) is 0.913. The molecule has 3 aliphatic rings. The van der Waals surface area contributed by atoms with Crippen molar-refractivity contribution in [3.05, 3.63) is 23.8 Å². The van der Waals surface area contributed by atoms with Crippen LogP contribution in [0.15, 0.2) is 18.2 Å². The Kier molecular flexibility index (Phi) is 4.01. The van der Waals surface area contributed by atoms with Crippen molar-refractivity contribution in [3.63, 3.8) is 0 Å². The molecule has 1 aromatic carbocycles. The molecular weight excluding hydrogens is 268 g/mol. The van der Waals surface area contributed by atoms with Crippen LogP contribution in [0.4, 0.5) is 0 Å². The van der Waals surface area contributed by atoms with Crippen LogP contribution in [0.5, 0.6) is 11.5 Å². The molecule has 3 saturated heterocycles. The van der Waals surface area contributed by atoms with E-state index in [1.165, 1.54) is 12.8 Å². The van der Waals surface area contributed by atoms with E-state index < -0.39 is 0 Å². The molecule has 1 atom stereocenters. The van der Waals surface area contributed by atoms with Crippen molar-refractivity contribution in [2.45, 2.75) is 18.9 Å². The van der Waals surface area contributed by atoms with Crippen LogP contribution in [-0.2, 0) is 0 Å². The Hall–Kier alpha value is -1.75. The minimum atomic E-state index is -0.108. The highest BCUT2D eigenvalue weighted by molar-refractivity contribution is 5.99. The smallest absolute Gasteiger partial charge is 0.259 e. The molecule has 0 saturated carbocycles. The van der Waals surface area contributed by atoms with Crippen molar-refractivity contribution < 1.29 is 14.3 Å². The van der Waals surface area contributed by atoms with Gasteiger partial charge in [-0.05, 0) is 44.0 Å². The van der Waals surface area contributed by atoms with E-state index in [-0.39, 0.29) is 11.9 Å². The number of amides is 1. The fourth-order valence-corrected chi connectivity index (χ4v) is 3.44. The first-order valence-electron chi connectivity index (χ1n) is 7.47. The van der Waals surface area contributed by atoms with Gasteiger partial charge in [0, 0.05) is 12.6 Å². The zero-order valence-electron chi connectivity index (χ0n) is 12.6. The summed E-state index contributed by atoms with van der Waals surface area (Å²) in [6, 6.07) is 5.62. The van der Waals surface area contributed by atoms with Gasteiger partial charge in [-0.15, -0.1) is 0 Å². The molecule has 1 amide bonds. The lowest BCUT2D eigenvalue weighted by atomic mass is 9.84. The van der Waals surface area contributed by atoms with Gasteiger partial charge in [-0.25, -0.2) is 0 Å². The number of piperidine rings is 3. The summed E-state index contributed by atoms with van der Waals surface area (Å²) in [5.41, 5.74) is 0.485. The van der Waals surface area contributed by atoms with Gasteiger partial charge >= 0.3 is 0 Å². The number of benzene rings is 1. The van der Waals surface area contributed by atoms with Crippen LogP contribution in [0.3, 0.4) is 0 Å². The topological polar surface area (TPSA) is 50.8 Å². The highest BCUT2D eigenvalue weighted by atomic mass is 16.5. The Bertz CT molecular complexity index is 502. The van der Waals surface area contributed by atoms with E-state index in [0.29, 0.717) is 23.0 Å². The lowest BCUT2D eigenvalue weighted by Crippen LogP contribution is -2.57. The van der Waals surface area contributed by atoms with E-state index in [2.05, 4.69) is 10.2 Å². The first-order chi connectivity index (χ1) is 10.2. The molecule has 5 nitrogen and oxygen atoms in total. The number of hydrogen-bond acceptors (Lipinski definition) is 4. The van der Waals surface area contributed by atoms with E-state index in [1.54, 1.807) is 26.4 Å². The fraction of sp³-hybridized carbons (Fsp3) is 0.562. The van der Waals surface area contributed by atoms with E-state index in [4.69, 9.17) is 9.47 Å². The summed E-state index contributed by atoms with van der Waals surface area (Å²) in [7, 11) is 3.14. The lowest BCUT2D eigenvalue weighted by Gasteiger charge is -2.44. The molecule has 0 radical (unpaired) electrons. The van der Waals surface area contributed by atoms with Gasteiger partial charge in [0.25, 0.3) is 5.91 Å². The third kappa shape index (κ3) is 2.70. The molecule has 0 aromatic heterocycles. The van der Waals surface area contributed by atoms with Gasteiger partial charge in [0.05, 0.1) is 14.2 Å². The Morgan fingerprint density at radius 3 is 2.29 bits per heavy atom. The summed E-state index contributed by atoms with van der Waals surface area (Å²) in [4.78, 5) is 15.1. The number of hydrogen-bond donors (Lipinski definition) is 1. The van der Waals surface area contributed by atoms with Crippen LogP contribution in [0.2, 0.25) is 0 Å². The average Bonchev–Trinajstić information content (AvgIpc) is 2.55. The summed E-state index contributed by atoms with van der Waals surface area (Å²) in [6.07, 6.45) is 2.35. The number of carbonyl (C=O) groups is 1. The van der Waals surface area contributed by atoms with Crippen molar-refractivity contribution in [3.8, 4) is 11.5 Å². The third-order valence-electron chi connectivity index (χ3n) is 4.63. The maximum absolute atomic E-state index is 12.7. The third-order valence-corrected chi connectivity index (χ3v) is 4.63.